The van der Waals surface area contributed by atoms with Gasteiger partial charge in [0, 0.05) is 12.2 Å². The summed E-state index contributed by atoms with van der Waals surface area (Å²) in [5.41, 5.74) is -1.47. The van der Waals surface area contributed by atoms with Gasteiger partial charge in [-0.2, -0.15) is 0 Å². The molecular weight excluding hydrogens is 407 g/mol. The second-order valence-electron chi connectivity index (χ2n) is 6.26. The van der Waals surface area contributed by atoms with Gasteiger partial charge in [0.2, 0.25) is 0 Å². The van der Waals surface area contributed by atoms with Crippen LogP contribution in [0.4, 0.5) is 5.69 Å². The molecule has 0 spiro atoms. The van der Waals surface area contributed by atoms with Crippen molar-refractivity contribution >= 4 is 23.6 Å². The minimum absolute atomic E-state index is 0. The normalized spacial score (nSPS) is 9.41. The second kappa shape index (κ2) is 19.1. The third-order valence-corrected chi connectivity index (χ3v) is 4.17. The number of carboxylic acid groups (broad SMARTS) is 3. The fourth-order valence-corrected chi connectivity index (χ4v) is 2.80. The van der Waals surface area contributed by atoms with E-state index in [2.05, 4.69) is 12.2 Å². The second-order valence-corrected chi connectivity index (χ2v) is 6.26. The smallest absolute Gasteiger partial charge is 1.00 e. The minimum atomic E-state index is -1.57. The van der Waals surface area contributed by atoms with Crippen molar-refractivity contribution in [1.82, 2.24) is 0 Å². The van der Waals surface area contributed by atoms with E-state index in [9.17, 15) is 24.6 Å². The van der Waals surface area contributed by atoms with Crippen LogP contribution in [0.15, 0.2) is 12.1 Å². The van der Waals surface area contributed by atoms with Crippen molar-refractivity contribution in [2.75, 3.05) is 11.9 Å². The Kier molecular flexibility index (Phi) is 22.5. The maximum Gasteiger partial charge on any atom is 1.00 e. The van der Waals surface area contributed by atoms with Crippen molar-refractivity contribution in [3.63, 3.8) is 0 Å². The standard InChI is InChI=1S/C19H27NO6.3Na.3H/c1-2-3-4-5-6-7-8-9-10-20-13-11-14(17(21)22)16(19(25)26)15(12-13)18(23)24;;;;;;/h11-12,20H,2-10H2,1H3,(H,21,22)(H,23,24)(H,25,26);;;;;;/q;3*+1;3*-1. The van der Waals surface area contributed by atoms with E-state index >= 15 is 0 Å². The number of carboxylic acids is 3. The number of aromatic carboxylic acids is 3. The molecule has 0 aliphatic carbocycles. The first kappa shape index (κ1) is 34.1. The van der Waals surface area contributed by atoms with Gasteiger partial charge in [0.05, 0.1) is 16.7 Å². The molecule has 0 bridgehead atoms. The van der Waals surface area contributed by atoms with Crippen LogP contribution < -0.4 is 94.0 Å². The molecule has 150 valence electrons. The van der Waals surface area contributed by atoms with E-state index in [1.807, 2.05) is 0 Å². The molecule has 4 N–H and O–H groups in total. The molecule has 0 radical (unpaired) electrons. The third kappa shape index (κ3) is 12.8. The minimum Gasteiger partial charge on any atom is -1.00 e. The Bertz CT molecular complexity index is 634. The molecule has 1 aromatic carbocycles. The zero-order valence-corrected chi connectivity index (χ0v) is 24.1. The van der Waals surface area contributed by atoms with Gasteiger partial charge < -0.3 is 24.9 Å². The zero-order chi connectivity index (χ0) is 19.5. The van der Waals surface area contributed by atoms with Crippen LogP contribution in [-0.4, -0.2) is 39.8 Å². The molecule has 0 aliphatic rings. The van der Waals surface area contributed by atoms with Crippen LogP contribution in [0, 0.1) is 0 Å². The van der Waals surface area contributed by atoms with Crippen molar-refractivity contribution in [1.29, 1.82) is 0 Å². The molecule has 7 nitrogen and oxygen atoms in total. The number of nitrogens with one attached hydrogen (secondary N) is 1. The molecule has 0 saturated carbocycles. The van der Waals surface area contributed by atoms with Gasteiger partial charge in [-0.05, 0) is 18.6 Å². The summed E-state index contributed by atoms with van der Waals surface area (Å²) in [6.07, 6.45) is 9.22. The number of benzene rings is 1. The molecule has 1 aromatic rings. The van der Waals surface area contributed by atoms with Gasteiger partial charge in [0.15, 0.2) is 0 Å². The number of hydrogen-bond acceptors (Lipinski definition) is 4. The predicted molar refractivity (Wildman–Crippen MR) is 102 cm³/mol. The SMILES string of the molecule is CCCCCCCCCCNc1cc(C(=O)O)c(C(=O)O)c(C(=O)O)c1.[H-].[H-].[H-].[Na+].[Na+].[Na+]. The van der Waals surface area contributed by atoms with Crippen molar-refractivity contribution in [2.45, 2.75) is 58.3 Å². The molecule has 0 amide bonds. The Labute approximate surface area is 242 Å². The van der Waals surface area contributed by atoms with E-state index in [-0.39, 0.29) is 93.0 Å². The zero-order valence-electron chi connectivity index (χ0n) is 21.1. The van der Waals surface area contributed by atoms with Gasteiger partial charge in [0.25, 0.3) is 0 Å². The predicted octanol–water partition coefficient (Wildman–Crippen LogP) is -4.32. The molecule has 0 aromatic heterocycles. The molecule has 10 heteroatoms. The largest absolute Gasteiger partial charge is 1.00 e. The first-order chi connectivity index (χ1) is 12.4. The van der Waals surface area contributed by atoms with E-state index in [0.29, 0.717) is 12.2 Å². The number of rotatable bonds is 13. The number of anilines is 1. The monoisotopic (exact) mass is 437 g/mol. The van der Waals surface area contributed by atoms with Crippen LogP contribution in [0.2, 0.25) is 0 Å². The van der Waals surface area contributed by atoms with Crippen molar-refractivity contribution in [3.8, 4) is 0 Å². The maximum absolute atomic E-state index is 11.3. The van der Waals surface area contributed by atoms with Crippen molar-refractivity contribution in [2.24, 2.45) is 0 Å². The molecule has 0 aliphatic heterocycles. The molecule has 0 fully saturated rings. The quantitative estimate of drug-likeness (QED) is 0.182. The molecular formula is C19H30NNa3O6. The van der Waals surface area contributed by atoms with Gasteiger partial charge in [-0.25, -0.2) is 14.4 Å². The topological polar surface area (TPSA) is 124 Å². The Morgan fingerprint density at radius 2 is 1.17 bits per heavy atom. The van der Waals surface area contributed by atoms with Crippen LogP contribution in [-0.2, 0) is 0 Å². The molecule has 0 atom stereocenters. The number of hydrogen-bond donors (Lipinski definition) is 4. The van der Waals surface area contributed by atoms with Crippen LogP contribution >= 0.6 is 0 Å². The first-order valence-corrected chi connectivity index (χ1v) is 9.00. The van der Waals surface area contributed by atoms with Gasteiger partial charge in [0.1, 0.15) is 0 Å². The summed E-state index contributed by atoms with van der Waals surface area (Å²) in [6.45, 7) is 2.75. The van der Waals surface area contributed by atoms with Crippen LogP contribution in [0.5, 0.6) is 0 Å². The number of unbranched alkanes of at least 4 members (excludes halogenated alkanes) is 7. The molecule has 1 rings (SSSR count). The van der Waals surface area contributed by atoms with Gasteiger partial charge in [-0.1, -0.05) is 51.9 Å². The fraction of sp³-hybridized carbons (Fsp3) is 0.526. The van der Waals surface area contributed by atoms with Gasteiger partial charge in [-0.15, -0.1) is 0 Å². The van der Waals surface area contributed by atoms with Crippen LogP contribution in [0.1, 0.15) is 93.6 Å². The van der Waals surface area contributed by atoms with Gasteiger partial charge >= 0.3 is 107 Å². The van der Waals surface area contributed by atoms with Crippen molar-refractivity contribution in [3.05, 3.63) is 28.8 Å². The van der Waals surface area contributed by atoms with E-state index < -0.39 is 34.6 Å². The van der Waals surface area contributed by atoms with Crippen LogP contribution in [0.25, 0.3) is 0 Å². The van der Waals surface area contributed by atoms with E-state index in [4.69, 9.17) is 5.11 Å². The van der Waals surface area contributed by atoms with Crippen molar-refractivity contribution < 1.29 is 123 Å². The summed E-state index contributed by atoms with van der Waals surface area (Å²) in [4.78, 5) is 33.8. The average molecular weight is 437 g/mol. The average Bonchev–Trinajstić information content (AvgIpc) is 2.59. The number of carbonyl (C=O) groups is 3. The summed E-state index contributed by atoms with van der Waals surface area (Å²) in [7, 11) is 0. The Morgan fingerprint density at radius 3 is 1.55 bits per heavy atom. The van der Waals surface area contributed by atoms with E-state index in [0.717, 1.165) is 19.3 Å². The summed E-state index contributed by atoms with van der Waals surface area (Å²) >= 11 is 0. The summed E-state index contributed by atoms with van der Waals surface area (Å²) in [6, 6.07) is 2.34. The molecule has 29 heavy (non-hydrogen) atoms. The third-order valence-electron chi connectivity index (χ3n) is 4.17. The van der Waals surface area contributed by atoms with E-state index in [1.165, 1.54) is 44.2 Å². The summed E-state index contributed by atoms with van der Waals surface area (Å²) in [5.74, 6) is -4.52. The van der Waals surface area contributed by atoms with Crippen LogP contribution in [0.3, 0.4) is 0 Å². The Hall–Kier alpha value is 0.430. The molecule has 0 unspecified atom stereocenters. The summed E-state index contributed by atoms with van der Waals surface area (Å²) in [5, 5.41) is 30.5. The Morgan fingerprint density at radius 1 is 0.759 bits per heavy atom. The van der Waals surface area contributed by atoms with Gasteiger partial charge in [-0.3, -0.25) is 0 Å². The molecule has 0 saturated heterocycles. The van der Waals surface area contributed by atoms with E-state index in [1.54, 1.807) is 0 Å². The first-order valence-electron chi connectivity index (χ1n) is 9.00. The Balaban J connectivity index is -0.000000282. The molecule has 0 heterocycles. The maximum atomic E-state index is 11.3. The fourth-order valence-electron chi connectivity index (χ4n) is 2.80. The summed E-state index contributed by atoms with van der Waals surface area (Å²) < 4.78 is 0.